The van der Waals surface area contributed by atoms with Crippen molar-refractivity contribution in [3.63, 3.8) is 0 Å². The predicted octanol–water partition coefficient (Wildman–Crippen LogP) is 4.45. The molecule has 1 N–H and O–H groups in total. The fraction of sp³-hybridized carbons (Fsp3) is 0.263. The molecule has 0 saturated heterocycles. The van der Waals surface area contributed by atoms with E-state index >= 15 is 0 Å². The number of ether oxygens (including phenoxy) is 1. The predicted molar refractivity (Wildman–Crippen MR) is 96.6 cm³/mol. The number of fused-ring (bicyclic) bond motifs is 1. The molecule has 4 aromatic rings. The van der Waals surface area contributed by atoms with Gasteiger partial charge in [0.05, 0.1) is 29.9 Å². The second kappa shape index (κ2) is 5.51. The molecule has 0 bridgehead atoms. The van der Waals surface area contributed by atoms with Crippen LogP contribution in [-0.2, 0) is 5.54 Å². The van der Waals surface area contributed by atoms with E-state index in [1.54, 1.807) is 13.4 Å². The van der Waals surface area contributed by atoms with Crippen molar-refractivity contribution in [1.29, 1.82) is 0 Å². The Hall–Kier alpha value is -3.02. The van der Waals surface area contributed by atoms with Gasteiger partial charge in [-0.3, -0.25) is 4.68 Å². The Bertz CT molecular complexity index is 1020. The van der Waals surface area contributed by atoms with Crippen LogP contribution in [-0.4, -0.2) is 26.9 Å². The summed E-state index contributed by atoms with van der Waals surface area (Å²) < 4.78 is 12.8. The first kappa shape index (κ1) is 15.5. The lowest BCUT2D eigenvalue weighted by Crippen LogP contribution is -2.24. The number of nitrogens with zero attached hydrogens (tertiary/aromatic N) is 3. The molecular weight excluding hydrogens is 316 g/mol. The van der Waals surface area contributed by atoms with Crippen molar-refractivity contribution in [2.24, 2.45) is 0 Å². The molecule has 6 nitrogen and oxygen atoms in total. The van der Waals surface area contributed by atoms with Gasteiger partial charge in [0.1, 0.15) is 17.1 Å². The highest BCUT2D eigenvalue weighted by atomic mass is 16.5. The van der Waals surface area contributed by atoms with E-state index in [0.717, 1.165) is 39.8 Å². The van der Waals surface area contributed by atoms with E-state index < -0.39 is 0 Å². The van der Waals surface area contributed by atoms with Crippen molar-refractivity contribution in [2.45, 2.75) is 26.3 Å². The first-order valence-electron chi connectivity index (χ1n) is 8.14. The standard InChI is InChI=1S/C19H20N4O2/c1-19(2,3)23-16(17-6-5-9-25-17)11-15(22-23)18-20-13-8-7-12(24-4)10-14(13)21-18/h5-11H,1-4H3,(H,20,21). The molecule has 6 heteroatoms. The van der Waals surface area contributed by atoms with Crippen LogP contribution in [0.15, 0.2) is 47.1 Å². The van der Waals surface area contributed by atoms with Gasteiger partial charge in [-0.2, -0.15) is 5.10 Å². The van der Waals surface area contributed by atoms with Gasteiger partial charge in [-0.05, 0) is 51.1 Å². The SMILES string of the molecule is COc1ccc2nc(-c3cc(-c4ccco4)n(C(C)(C)C)n3)[nH]c2c1. The van der Waals surface area contributed by atoms with Crippen LogP contribution in [0, 0.1) is 0 Å². The summed E-state index contributed by atoms with van der Waals surface area (Å²) in [6.45, 7) is 6.33. The Morgan fingerprint density at radius 1 is 1.16 bits per heavy atom. The molecule has 1 aromatic carbocycles. The van der Waals surface area contributed by atoms with Crippen LogP contribution < -0.4 is 4.74 Å². The van der Waals surface area contributed by atoms with Gasteiger partial charge in [0, 0.05) is 6.07 Å². The summed E-state index contributed by atoms with van der Waals surface area (Å²) in [6.07, 6.45) is 1.67. The van der Waals surface area contributed by atoms with Crippen LogP contribution >= 0.6 is 0 Å². The molecule has 4 rings (SSSR count). The fourth-order valence-corrected chi connectivity index (χ4v) is 2.85. The number of furan rings is 1. The molecule has 0 spiro atoms. The topological polar surface area (TPSA) is 68.9 Å². The minimum Gasteiger partial charge on any atom is -0.497 e. The second-order valence-electron chi connectivity index (χ2n) is 6.94. The molecule has 25 heavy (non-hydrogen) atoms. The molecule has 0 saturated carbocycles. The number of aromatic nitrogens is 4. The highest BCUT2D eigenvalue weighted by Crippen LogP contribution is 2.31. The van der Waals surface area contributed by atoms with Crippen LogP contribution in [0.2, 0.25) is 0 Å². The molecule has 128 valence electrons. The molecule has 0 aliphatic heterocycles. The smallest absolute Gasteiger partial charge is 0.159 e. The summed E-state index contributed by atoms with van der Waals surface area (Å²) >= 11 is 0. The van der Waals surface area contributed by atoms with Gasteiger partial charge >= 0.3 is 0 Å². The normalized spacial score (nSPS) is 12.0. The third-order valence-electron chi connectivity index (χ3n) is 4.05. The third-order valence-corrected chi connectivity index (χ3v) is 4.05. The Balaban J connectivity index is 1.86. The van der Waals surface area contributed by atoms with Gasteiger partial charge in [0.15, 0.2) is 11.6 Å². The van der Waals surface area contributed by atoms with Gasteiger partial charge in [-0.15, -0.1) is 0 Å². The lowest BCUT2D eigenvalue weighted by molar-refractivity contribution is 0.357. The highest BCUT2D eigenvalue weighted by molar-refractivity contribution is 5.80. The number of nitrogens with one attached hydrogen (secondary N) is 1. The highest BCUT2D eigenvalue weighted by Gasteiger charge is 2.23. The van der Waals surface area contributed by atoms with Crippen LogP contribution in [0.25, 0.3) is 34.0 Å². The maximum Gasteiger partial charge on any atom is 0.159 e. The fourth-order valence-electron chi connectivity index (χ4n) is 2.85. The van der Waals surface area contributed by atoms with E-state index in [2.05, 4.69) is 30.7 Å². The van der Waals surface area contributed by atoms with E-state index in [0.29, 0.717) is 0 Å². The molecule has 0 unspecified atom stereocenters. The maximum absolute atomic E-state index is 5.59. The molecule has 0 fully saturated rings. The minimum absolute atomic E-state index is 0.185. The summed E-state index contributed by atoms with van der Waals surface area (Å²) in [5.41, 5.74) is 3.30. The third kappa shape index (κ3) is 2.69. The Morgan fingerprint density at radius 2 is 2.00 bits per heavy atom. The minimum atomic E-state index is -0.185. The van der Waals surface area contributed by atoms with Gasteiger partial charge in [0.2, 0.25) is 0 Å². The first-order valence-corrected chi connectivity index (χ1v) is 8.14. The number of hydrogen-bond acceptors (Lipinski definition) is 4. The zero-order valence-corrected chi connectivity index (χ0v) is 14.7. The number of hydrogen-bond donors (Lipinski definition) is 1. The van der Waals surface area contributed by atoms with Crippen LogP contribution in [0.5, 0.6) is 5.75 Å². The van der Waals surface area contributed by atoms with Crippen LogP contribution in [0.4, 0.5) is 0 Å². The quantitative estimate of drug-likeness (QED) is 0.600. The van der Waals surface area contributed by atoms with Crippen molar-refractivity contribution in [3.05, 3.63) is 42.7 Å². The average molecular weight is 336 g/mol. The number of aromatic amines is 1. The average Bonchev–Trinajstić information content (AvgIpc) is 3.29. The Labute approximate surface area is 145 Å². The van der Waals surface area contributed by atoms with E-state index in [-0.39, 0.29) is 5.54 Å². The van der Waals surface area contributed by atoms with Gasteiger partial charge in [0.25, 0.3) is 0 Å². The first-order chi connectivity index (χ1) is 12.0. The van der Waals surface area contributed by atoms with E-state index in [1.807, 2.05) is 41.1 Å². The lowest BCUT2D eigenvalue weighted by atomic mass is 10.1. The molecule has 0 radical (unpaired) electrons. The van der Waals surface area contributed by atoms with E-state index in [1.165, 1.54) is 0 Å². The summed E-state index contributed by atoms with van der Waals surface area (Å²) in [6, 6.07) is 11.6. The number of imidazole rings is 1. The van der Waals surface area contributed by atoms with Crippen molar-refractivity contribution in [2.75, 3.05) is 7.11 Å². The molecule has 0 amide bonds. The number of benzene rings is 1. The molecular formula is C19H20N4O2. The Kier molecular flexibility index (Phi) is 3.42. The summed E-state index contributed by atoms with van der Waals surface area (Å²) in [5, 5.41) is 4.78. The summed E-state index contributed by atoms with van der Waals surface area (Å²) in [4.78, 5) is 7.98. The van der Waals surface area contributed by atoms with E-state index in [4.69, 9.17) is 14.3 Å². The van der Waals surface area contributed by atoms with Crippen molar-refractivity contribution < 1.29 is 9.15 Å². The van der Waals surface area contributed by atoms with Crippen LogP contribution in [0.3, 0.4) is 0 Å². The van der Waals surface area contributed by atoms with Gasteiger partial charge < -0.3 is 14.1 Å². The molecule has 0 aliphatic rings. The molecule has 0 aliphatic carbocycles. The molecule has 3 aromatic heterocycles. The van der Waals surface area contributed by atoms with E-state index in [9.17, 15) is 0 Å². The van der Waals surface area contributed by atoms with Crippen molar-refractivity contribution in [3.8, 4) is 28.7 Å². The Morgan fingerprint density at radius 3 is 2.68 bits per heavy atom. The molecule has 0 atom stereocenters. The summed E-state index contributed by atoms with van der Waals surface area (Å²) in [7, 11) is 1.65. The summed E-state index contributed by atoms with van der Waals surface area (Å²) in [5.74, 6) is 2.30. The number of H-pyrrole nitrogens is 1. The van der Waals surface area contributed by atoms with Crippen molar-refractivity contribution >= 4 is 11.0 Å². The monoisotopic (exact) mass is 336 g/mol. The second-order valence-corrected chi connectivity index (χ2v) is 6.94. The zero-order chi connectivity index (χ0) is 17.6. The van der Waals surface area contributed by atoms with Crippen LogP contribution in [0.1, 0.15) is 20.8 Å². The van der Waals surface area contributed by atoms with Gasteiger partial charge in [-0.25, -0.2) is 4.98 Å². The maximum atomic E-state index is 5.59. The number of methoxy groups -OCH3 is 1. The number of rotatable bonds is 3. The lowest BCUT2D eigenvalue weighted by Gasteiger charge is -2.21. The molecule has 3 heterocycles. The zero-order valence-electron chi connectivity index (χ0n) is 14.7. The van der Waals surface area contributed by atoms with Crippen molar-refractivity contribution in [1.82, 2.24) is 19.7 Å². The van der Waals surface area contributed by atoms with Gasteiger partial charge in [-0.1, -0.05) is 0 Å². The largest absolute Gasteiger partial charge is 0.497 e.